The van der Waals surface area contributed by atoms with Crippen LogP contribution in [0.25, 0.3) is 5.57 Å². The molecule has 3 rings (SSSR count). The maximum absolute atomic E-state index is 13.0. The molecule has 3 heteroatoms. The Hall–Kier alpha value is -1.77. The highest BCUT2D eigenvalue weighted by Crippen LogP contribution is 2.38. The highest BCUT2D eigenvalue weighted by atomic mass is 16.5. The second-order valence-corrected chi connectivity index (χ2v) is 8.01. The SMILES string of the molecule is CCC(C)/C=C(/c1cc2c(c(OC)c1)C(=O)N(C1CC1)CC2)C(C)CC. The summed E-state index contributed by atoms with van der Waals surface area (Å²) in [6, 6.07) is 4.80. The first-order valence-electron chi connectivity index (χ1n) is 10.2. The number of carbonyl (C=O) groups excluding carboxylic acids is 1. The van der Waals surface area contributed by atoms with Crippen LogP contribution in [0.2, 0.25) is 0 Å². The second kappa shape index (κ2) is 7.85. The number of nitrogens with zero attached hydrogens (tertiary/aromatic N) is 1. The third kappa shape index (κ3) is 3.67. The van der Waals surface area contributed by atoms with E-state index in [4.69, 9.17) is 4.74 Å². The van der Waals surface area contributed by atoms with Crippen molar-refractivity contribution in [3.63, 3.8) is 0 Å². The van der Waals surface area contributed by atoms with Crippen molar-refractivity contribution in [2.24, 2.45) is 11.8 Å². The molecule has 1 amide bonds. The van der Waals surface area contributed by atoms with Gasteiger partial charge in [0.2, 0.25) is 0 Å². The van der Waals surface area contributed by atoms with E-state index in [0.717, 1.165) is 55.5 Å². The normalized spacial score (nSPS) is 20.0. The molecule has 26 heavy (non-hydrogen) atoms. The lowest BCUT2D eigenvalue weighted by molar-refractivity contribution is 0.0723. The van der Waals surface area contributed by atoms with Gasteiger partial charge in [-0.1, -0.05) is 46.3 Å². The lowest BCUT2D eigenvalue weighted by atomic mass is 9.85. The average Bonchev–Trinajstić information content (AvgIpc) is 3.49. The molecular weight excluding hydrogens is 322 g/mol. The van der Waals surface area contributed by atoms with E-state index in [1.165, 1.54) is 11.1 Å². The summed E-state index contributed by atoms with van der Waals surface area (Å²) in [6.45, 7) is 9.88. The van der Waals surface area contributed by atoms with Crippen molar-refractivity contribution < 1.29 is 9.53 Å². The summed E-state index contributed by atoms with van der Waals surface area (Å²) >= 11 is 0. The fraction of sp³-hybridized carbons (Fsp3) is 0.609. The quantitative estimate of drug-likeness (QED) is 0.661. The minimum absolute atomic E-state index is 0.160. The molecule has 1 aromatic rings. The third-order valence-electron chi connectivity index (χ3n) is 6.07. The maximum Gasteiger partial charge on any atom is 0.258 e. The highest BCUT2D eigenvalue weighted by Gasteiger charge is 2.37. The molecule has 2 aliphatic rings. The van der Waals surface area contributed by atoms with E-state index in [0.29, 0.717) is 17.9 Å². The van der Waals surface area contributed by atoms with E-state index in [1.54, 1.807) is 7.11 Å². The van der Waals surface area contributed by atoms with Crippen LogP contribution in [0.4, 0.5) is 0 Å². The number of methoxy groups -OCH3 is 1. The standard InChI is InChI=1S/C23H33NO2/c1-6-15(3)12-20(16(4)7-2)18-13-17-10-11-24(19-8-9-19)23(25)22(17)21(14-18)26-5/h12-16,19H,6-11H2,1-5H3/b20-12+. The molecule has 1 heterocycles. The summed E-state index contributed by atoms with van der Waals surface area (Å²) in [5.41, 5.74) is 4.56. The van der Waals surface area contributed by atoms with Gasteiger partial charge in [-0.25, -0.2) is 0 Å². The number of ether oxygens (including phenoxy) is 1. The molecule has 1 aliphatic carbocycles. The summed E-state index contributed by atoms with van der Waals surface area (Å²) in [7, 11) is 1.68. The molecule has 0 spiro atoms. The Morgan fingerprint density at radius 3 is 2.58 bits per heavy atom. The highest BCUT2D eigenvalue weighted by molar-refractivity contribution is 6.00. The number of fused-ring (bicyclic) bond motifs is 1. The largest absolute Gasteiger partial charge is 0.496 e. The van der Waals surface area contributed by atoms with Crippen molar-refractivity contribution in [2.75, 3.05) is 13.7 Å². The molecule has 2 unspecified atom stereocenters. The number of hydrogen-bond acceptors (Lipinski definition) is 2. The monoisotopic (exact) mass is 355 g/mol. The molecular formula is C23H33NO2. The van der Waals surface area contributed by atoms with Gasteiger partial charge in [-0.2, -0.15) is 0 Å². The van der Waals surface area contributed by atoms with Gasteiger partial charge in [-0.15, -0.1) is 0 Å². The van der Waals surface area contributed by atoms with Gasteiger partial charge in [0, 0.05) is 12.6 Å². The van der Waals surface area contributed by atoms with E-state index in [-0.39, 0.29) is 5.91 Å². The fourth-order valence-electron chi connectivity index (χ4n) is 3.85. The maximum atomic E-state index is 13.0. The summed E-state index contributed by atoms with van der Waals surface area (Å²) in [6.07, 6.45) is 7.89. The van der Waals surface area contributed by atoms with Gasteiger partial charge in [-0.3, -0.25) is 4.79 Å². The van der Waals surface area contributed by atoms with Crippen LogP contribution in [0.15, 0.2) is 18.2 Å². The van der Waals surface area contributed by atoms with E-state index < -0.39 is 0 Å². The number of amides is 1. The summed E-state index contributed by atoms with van der Waals surface area (Å²) in [5.74, 6) is 1.95. The predicted molar refractivity (Wildman–Crippen MR) is 108 cm³/mol. The first-order chi connectivity index (χ1) is 12.5. The van der Waals surface area contributed by atoms with Crippen LogP contribution < -0.4 is 4.74 Å². The lowest BCUT2D eigenvalue weighted by Crippen LogP contribution is -2.39. The molecule has 1 aliphatic heterocycles. The van der Waals surface area contributed by atoms with Crippen molar-refractivity contribution in [1.29, 1.82) is 0 Å². The molecule has 2 atom stereocenters. The Morgan fingerprint density at radius 1 is 1.27 bits per heavy atom. The molecule has 1 fully saturated rings. The van der Waals surface area contributed by atoms with Crippen molar-refractivity contribution in [1.82, 2.24) is 4.90 Å². The Labute approximate surface area is 158 Å². The van der Waals surface area contributed by atoms with E-state index in [2.05, 4.69) is 50.8 Å². The van der Waals surface area contributed by atoms with E-state index in [9.17, 15) is 4.79 Å². The number of hydrogen-bond donors (Lipinski definition) is 0. The van der Waals surface area contributed by atoms with Gasteiger partial charge >= 0.3 is 0 Å². The van der Waals surface area contributed by atoms with Crippen molar-refractivity contribution >= 4 is 11.5 Å². The number of benzene rings is 1. The van der Waals surface area contributed by atoms with E-state index in [1.807, 2.05) is 0 Å². The van der Waals surface area contributed by atoms with Crippen LogP contribution in [-0.2, 0) is 6.42 Å². The van der Waals surface area contributed by atoms with Crippen molar-refractivity contribution in [3.8, 4) is 5.75 Å². The zero-order valence-electron chi connectivity index (χ0n) is 17.0. The van der Waals surface area contributed by atoms with Crippen LogP contribution >= 0.6 is 0 Å². The molecule has 142 valence electrons. The third-order valence-corrected chi connectivity index (χ3v) is 6.07. The Bertz CT molecular complexity index is 685. The molecule has 0 radical (unpaired) electrons. The zero-order valence-corrected chi connectivity index (χ0v) is 17.0. The number of rotatable bonds is 7. The summed E-state index contributed by atoms with van der Waals surface area (Å²) < 4.78 is 5.69. The van der Waals surface area contributed by atoms with E-state index >= 15 is 0 Å². The smallest absolute Gasteiger partial charge is 0.258 e. The first-order valence-corrected chi connectivity index (χ1v) is 10.2. The summed E-state index contributed by atoms with van der Waals surface area (Å²) in [4.78, 5) is 15.1. The fourth-order valence-corrected chi connectivity index (χ4v) is 3.85. The molecule has 0 aromatic heterocycles. The minimum Gasteiger partial charge on any atom is -0.496 e. The molecule has 1 aromatic carbocycles. The Morgan fingerprint density at radius 2 is 2.00 bits per heavy atom. The summed E-state index contributed by atoms with van der Waals surface area (Å²) in [5, 5.41) is 0. The van der Waals surface area contributed by atoms with Gasteiger partial charge in [0.1, 0.15) is 5.75 Å². The second-order valence-electron chi connectivity index (χ2n) is 8.01. The Balaban J connectivity index is 2.04. The van der Waals surface area contributed by atoms with Gasteiger partial charge in [0.15, 0.2) is 0 Å². The van der Waals surface area contributed by atoms with Gasteiger partial charge in [0.05, 0.1) is 12.7 Å². The first kappa shape index (κ1) is 19.0. The Kier molecular flexibility index (Phi) is 5.74. The van der Waals surface area contributed by atoms with Gasteiger partial charge < -0.3 is 9.64 Å². The van der Waals surface area contributed by atoms with Gasteiger partial charge in [-0.05, 0) is 60.3 Å². The lowest BCUT2D eigenvalue weighted by Gasteiger charge is -2.30. The van der Waals surface area contributed by atoms with Crippen LogP contribution in [0.3, 0.4) is 0 Å². The molecule has 1 saturated carbocycles. The average molecular weight is 356 g/mol. The topological polar surface area (TPSA) is 29.5 Å². The van der Waals surface area contributed by atoms with Crippen LogP contribution in [0, 0.1) is 11.8 Å². The van der Waals surface area contributed by atoms with Gasteiger partial charge in [0.25, 0.3) is 5.91 Å². The van der Waals surface area contributed by atoms with Crippen LogP contribution in [0.1, 0.15) is 74.9 Å². The van der Waals surface area contributed by atoms with Crippen molar-refractivity contribution in [3.05, 3.63) is 34.9 Å². The van der Waals surface area contributed by atoms with Crippen LogP contribution in [-0.4, -0.2) is 30.5 Å². The predicted octanol–water partition coefficient (Wildman–Crippen LogP) is 5.33. The van der Waals surface area contributed by atoms with Crippen LogP contribution in [0.5, 0.6) is 5.75 Å². The molecule has 0 N–H and O–H groups in total. The minimum atomic E-state index is 0.160. The molecule has 3 nitrogen and oxygen atoms in total. The number of allylic oxidation sites excluding steroid dienone is 2. The molecule has 0 bridgehead atoms. The molecule has 0 saturated heterocycles. The zero-order chi connectivity index (χ0) is 18.8. The number of carbonyl (C=O) groups is 1. The van der Waals surface area contributed by atoms with Crippen molar-refractivity contribution in [2.45, 2.75) is 65.8 Å².